The van der Waals surface area contributed by atoms with Crippen LogP contribution in [0.25, 0.3) is 0 Å². The number of amides is 1. The topological polar surface area (TPSA) is 75.1 Å². The van der Waals surface area contributed by atoms with Crippen LogP contribution in [-0.4, -0.2) is 33.6 Å². The van der Waals surface area contributed by atoms with Crippen LogP contribution >= 0.6 is 11.6 Å². The summed E-state index contributed by atoms with van der Waals surface area (Å²) in [6.07, 6.45) is 2.07. The van der Waals surface area contributed by atoms with Crippen molar-refractivity contribution < 1.29 is 9.90 Å². The second-order valence-electron chi connectivity index (χ2n) is 4.34. The summed E-state index contributed by atoms with van der Waals surface area (Å²) < 4.78 is 0. The molecule has 1 heterocycles. The maximum absolute atomic E-state index is 12.0. The van der Waals surface area contributed by atoms with E-state index in [4.69, 9.17) is 16.7 Å². The molecule has 0 fully saturated rings. The summed E-state index contributed by atoms with van der Waals surface area (Å²) in [7, 11) is 0. The summed E-state index contributed by atoms with van der Waals surface area (Å²) in [5.74, 6) is 0.306. The highest BCUT2D eigenvalue weighted by Gasteiger charge is 2.17. The van der Waals surface area contributed by atoms with Gasteiger partial charge >= 0.3 is 0 Å². The molecule has 0 aliphatic heterocycles. The molecular weight excluding hydrogens is 254 g/mol. The third kappa shape index (κ3) is 3.65. The van der Waals surface area contributed by atoms with E-state index in [-0.39, 0.29) is 35.2 Å². The molecule has 1 aromatic rings. The lowest BCUT2D eigenvalue weighted by Crippen LogP contribution is -2.37. The van der Waals surface area contributed by atoms with Crippen molar-refractivity contribution in [1.82, 2.24) is 15.3 Å². The Morgan fingerprint density at radius 2 is 2.22 bits per heavy atom. The van der Waals surface area contributed by atoms with Gasteiger partial charge in [-0.1, -0.05) is 32.4 Å². The molecule has 6 heteroatoms. The first-order valence-electron chi connectivity index (χ1n) is 5.93. The standard InChI is InChI=1S/C12H18ClN3O2/c1-4-8(6-17)15-12(18)10-9(13)5-14-11(16-10)7(2)3/h5,7-8,17H,4,6H2,1-3H3,(H,15,18)/t8-/m1/s1. The lowest BCUT2D eigenvalue weighted by atomic mass is 10.2. The number of hydrogen-bond donors (Lipinski definition) is 2. The summed E-state index contributed by atoms with van der Waals surface area (Å²) >= 11 is 5.92. The molecular formula is C12H18ClN3O2. The molecule has 100 valence electrons. The van der Waals surface area contributed by atoms with Crippen molar-refractivity contribution in [1.29, 1.82) is 0 Å². The van der Waals surface area contributed by atoms with E-state index < -0.39 is 0 Å². The molecule has 0 saturated carbocycles. The quantitative estimate of drug-likeness (QED) is 0.856. The summed E-state index contributed by atoms with van der Waals surface area (Å²) in [5, 5.41) is 11.9. The lowest BCUT2D eigenvalue weighted by Gasteiger charge is -2.14. The minimum Gasteiger partial charge on any atom is -0.394 e. The molecule has 1 aromatic heterocycles. The number of nitrogens with one attached hydrogen (secondary N) is 1. The van der Waals surface area contributed by atoms with E-state index in [1.807, 2.05) is 20.8 Å². The zero-order valence-electron chi connectivity index (χ0n) is 10.8. The molecule has 0 aliphatic carbocycles. The second kappa shape index (κ2) is 6.66. The fraction of sp³-hybridized carbons (Fsp3) is 0.583. The van der Waals surface area contributed by atoms with Crippen molar-refractivity contribution in [3.63, 3.8) is 0 Å². The largest absolute Gasteiger partial charge is 0.394 e. The normalized spacial score (nSPS) is 12.6. The first-order chi connectivity index (χ1) is 8.49. The maximum Gasteiger partial charge on any atom is 0.271 e. The van der Waals surface area contributed by atoms with Gasteiger partial charge in [0.1, 0.15) is 11.5 Å². The fourth-order valence-electron chi connectivity index (χ4n) is 1.35. The third-order valence-electron chi connectivity index (χ3n) is 2.54. The molecule has 2 N–H and O–H groups in total. The van der Waals surface area contributed by atoms with Crippen LogP contribution in [0.5, 0.6) is 0 Å². The van der Waals surface area contributed by atoms with Gasteiger partial charge in [-0.15, -0.1) is 0 Å². The number of halogens is 1. The van der Waals surface area contributed by atoms with Crippen LogP contribution in [0, 0.1) is 0 Å². The molecule has 0 saturated heterocycles. The predicted molar refractivity (Wildman–Crippen MR) is 69.8 cm³/mol. The van der Waals surface area contributed by atoms with E-state index in [0.29, 0.717) is 12.2 Å². The van der Waals surface area contributed by atoms with Crippen molar-refractivity contribution in [2.45, 2.75) is 39.2 Å². The number of hydrogen-bond acceptors (Lipinski definition) is 4. The van der Waals surface area contributed by atoms with Crippen LogP contribution in [0.15, 0.2) is 6.20 Å². The minimum absolute atomic E-state index is 0.109. The molecule has 18 heavy (non-hydrogen) atoms. The van der Waals surface area contributed by atoms with Gasteiger partial charge in [0.25, 0.3) is 5.91 Å². The van der Waals surface area contributed by atoms with E-state index >= 15 is 0 Å². The maximum atomic E-state index is 12.0. The second-order valence-corrected chi connectivity index (χ2v) is 4.75. The van der Waals surface area contributed by atoms with Gasteiger partial charge < -0.3 is 10.4 Å². The summed E-state index contributed by atoms with van der Waals surface area (Å²) in [4.78, 5) is 20.2. The van der Waals surface area contributed by atoms with Gasteiger partial charge in [0.15, 0.2) is 0 Å². The highest BCUT2D eigenvalue weighted by Crippen LogP contribution is 2.16. The predicted octanol–water partition coefficient (Wildman–Crippen LogP) is 1.75. The molecule has 5 nitrogen and oxygen atoms in total. The average Bonchev–Trinajstić information content (AvgIpc) is 2.35. The average molecular weight is 272 g/mol. The van der Waals surface area contributed by atoms with Crippen molar-refractivity contribution >= 4 is 17.5 Å². The Bertz CT molecular complexity index is 420. The molecule has 0 aliphatic rings. The van der Waals surface area contributed by atoms with E-state index in [2.05, 4.69) is 15.3 Å². The van der Waals surface area contributed by atoms with Crippen LogP contribution in [0.4, 0.5) is 0 Å². The number of nitrogens with zero attached hydrogens (tertiary/aromatic N) is 2. The van der Waals surface area contributed by atoms with E-state index in [1.54, 1.807) is 0 Å². The first-order valence-corrected chi connectivity index (χ1v) is 6.31. The monoisotopic (exact) mass is 271 g/mol. The summed E-state index contributed by atoms with van der Waals surface area (Å²) in [6.45, 7) is 5.64. The van der Waals surface area contributed by atoms with Crippen LogP contribution in [0.3, 0.4) is 0 Å². The number of carbonyl (C=O) groups is 1. The van der Waals surface area contributed by atoms with Gasteiger partial charge in [-0.05, 0) is 6.42 Å². The fourth-order valence-corrected chi connectivity index (χ4v) is 1.53. The first kappa shape index (κ1) is 14.9. The smallest absolute Gasteiger partial charge is 0.271 e. The Hall–Kier alpha value is -1.20. The summed E-state index contributed by atoms with van der Waals surface area (Å²) in [5.41, 5.74) is 0.155. The molecule has 1 atom stereocenters. The Morgan fingerprint density at radius 3 is 2.72 bits per heavy atom. The number of aliphatic hydroxyl groups is 1. The molecule has 0 unspecified atom stereocenters. The molecule has 0 spiro atoms. The SMILES string of the molecule is CC[C@H](CO)NC(=O)c1nc(C(C)C)ncc1Cl. The van der Waals surface area contributed by atoms with Crippen molar-refractivity contribution in [3.05, 3.63) is 22.7 Å². The van der Waals surface area contributed by atoms with Crippen molar-refractivity contribution in [3.8, 4) is 0 Å². The van der Waals surface area contributed by atoms with E-state index in [0.717, 1.165) is 0 Å². The molecule has 0 aromatic carbocycles. The van der Waals surface area contributed by atoms with Gasteiger partial charge in [0.05, 0.1) is 23.9 Å². The van der Waals surface area contributed by atoms with Gasteiger partial charge in [-0.25, -0.2) is 9.97 Å². The Morgan fingerprint density at radius 1 is 1.56 bits per heavy atom. The number of rotatable bonds is 5. The molecule has 1 rings (SSSR count). The van der Waals surface area contributed by atoms with Gasteiger partial charge in [0, 0.05) is 5.92 Å². The highest BCUT2D eigenvalue weighted by molar-refractivity contribution is 6.33. The van der Waals surface area contributed by atoms with Crippen molar-refractivity contribution in [2.24, 2.45) is 0 Å². The Balaban J connectivity index is 2.94. The molecule has 0 bridgehead atoms. The van der Waals surface area contributed by atoms with Gasteiger partial charge in [-0.3, -0.25) is 4.79 Å². The van der Waals surface area contributed by atoms with Crippen LogP contribution in [-0.2, 0) is 0 Å². The van der Waals surface area contributed by atoms with Gasteiger partial charge in [0.2, 0.25) is 0 Å². The Labute approximate surface area is 112 Å². The van der Waals surface area contributed by atoms with Crippen molar-refractivity contribution in [2.75, 3.05) is 6.61 Å². The van der Waals surface area contributed by atoms with Gasteiger partial charge in [-0.2, -0.15) is 0 Å². The van der Waals surface area contributed by atoms with E-state index in [1.165, 1.54) is 6.20 Å². The van der Waals surface area contributed by atoms with Crippen LogP contribution < -0.4 is 5.32 Å². The van der Waals surface area contributed by atoms with Crippen LogP contribution in [0.2, 0.25) is 5.02 Å². The van der Waals surface area contributed by atoms with Crippen LogP contribution in [0.1, 0.15) is 49.4 Å². The highest BCUT2D eigenvalue weighted by atomic mass is 35.5. The zero-order chi connectivity index (χ0) is 13.7. The Kier molecular flexibility index (Phi) is 5.50. The number of aliphatic hydroxyl groups excluding tert-OH is 1. The molecule has 1 amide bonds. The van der Waals surface area contributed by atoms with E-state index in [9.17, 15) is 4.79 Å². The lowest BCUT2D eigenvalue weighted by molar-refractivity contribution is 0.0909. The summed E-state index contributed by atoms with van der Waals surface area (Å²) in [6, 6.07) is -0.286. The zero-order valence-corrected chi connectivity index (χ0v) is 11.5. The molecule has 0 radical (unpaired) electrons. The number of aromatic nitrogens is 2. The number of carbonyl (C=O) groups excluding carboxylic acids is 1. The minimum atomic E-state index is -0.384. The third-order valence-corrected chi connectivity index (χ3v) is 2.82.